The second kappa shape index (κ2) is 8.76. The summed E-state index contributed by atoms with van der Waals surface area (Å²) >= 11 is 1.78. The Bertz CT molecular complexity index is 1120. The topological polar surface area (TPSA) is 32.3 Å². The molecule has 0 bridgehead atoms. The summed E-state index contributed by atoms with van der Waals surface area (Å²) in [5.74, 6) is 1.93. The molecule has 0 aliphatic carbocycles. The molecule has 0 amide bonds. The van der Waals surface area contributed by atoms with E-state index in [4.69, 9.17) is 0 Å². The van der Waals surface area contributed by atoms with E-state index in [1.54, 1.807) is 18.1 Å². The minimum atomic E-state index is 0.902. The van der Waals surface area contributed by atoms with Crippen LogP contribution in [0.4, 0.5) is 11.5 Å². The molecule has 0 radical (unpaired) electrons. The van der Waals surface area contributed by atoms with Crippen molar-refractivity contribution in [1.82, 2.24) is 9.97 Å². The number of aromatic nitrogens is 2. The highest BCUT2D eigenvalue weighted by Gasteiger charge is 2.18. The van der Waals surface area contributed by atoms with Gasteiger partial charge in [-0.05, 0) is 28.5 Å². The Labute approximate surface area is 181 Å². The second-order valence-corrected chi connectivity index (χ2v) is 8.45. The maximum atomic E-state index is 4.55. The average molecular weight is 413 g/mol. The first-order valence-corrected chi connectivity index (χ1v) is 11.3. The normalized spacial score (nSPS) is 14.3. The van der Waals surface area contributed by atoms with Crippen LogP contribution in [0.2, 0.25) is 0 Å². The van der Waals surface area contributed by atoms with Crippen molar-refractivity contribution in [3.63, 3.8) is 0 Å². The van der Waals surface area contributed by atoms with Crippen molar-refractivity contribution in [3.8, 4) is 0 Å². The zero-order valence-electron chi connectivity index (χ0n) is 16.8. The standard InChI is InChI=1S/C25H24N4S/c1-2-10-22(11-3-1)28-13-15-29(16-14-28)24-17-25(27-19-26-24)30-18-21-9-6-8-20-7-4-5-12-23(20)21/h1-12,17,19H,13-16,18H2. The summed E-state index contributed by atoms with van der Waals surface area (Å²) < 4.78 is 0. The molecule has 1 fully saturated rings. The first-order chi connectivity index (χ1) is 14.9. The smallest absolute Gasteiger partial charge is 0.133 e. The number of hydrogen-bond donors (Lipinski definition) is 0. The molecule has 0 unspecified atom stereocenters. The molecule has 1 aliphatic heterocycles. The Hall–Kier alpha value is -3.05. The lowest BCUT2D eigenvalue weighted by Crippen LogP contribution is -2.46. The van der Waals surface area contributed by atoms with Gasteiger partial charge >= 0.3 is 0 Å². The predicted octanol–water partition coefficient (Wildman–Crippen LogP) is 5.25. The zero-order valence-corrected chi connectivity index (χ0v) is 17.6. The van der Waals surface area contributed by atoms with Crippen LogP contribution in [0, 0.1) is 0 Å². The van der Waals surface area contributed by atoms with Gasteiger partial charge in [-0.15, -0.1) is 11.8 Å². The molecule has 2 heterocycles. The van der Waals surface area contributed by atoms with Gasteiger partial charge in [0.05, 0.1) is 0 Å². The van der Waals surface area contributed by atoms with Crippen LogP contribution in [-0.4, -0.2) is 36.1 Å². The summed E-state index contributed by atoms with van der Waals surface area (Å²) in [5.41, 5.74) is 2.64. The number of benzene rings is 3. The lowest BCUT2D eigenvalue weighted by atomic mass is 10.1. The summed E-state index contributed by atoms with van der Waals surface area (Å²) in [7, 11) is 0. The highest BCUT2D eigenvalue weighted by atomic mass is 32.2. The Kier molecular flexibility index (Phi) is 5.53. The third-order valence-electron chi connectivity index (χ3n) is 5.61. The third kappa shape index (κ3) is 4.12. The Morgan fingerprint density at radius 3 is 2.33 bits per heavy atom. The molecule has 1 saturated heterocycles. The monoisotopic (exact) mass is 412 g/mol. The minimum absolute atomic E-state index is 0.902. The predicted molar refractivity (Wildman–Crippen MR) is 126 cm³/mol. The Balaban J connectivity index is 1.25. The van der Waals surface area contributed by atoms with Crippen molar-refractivity contribution in [1.29, 1.82) is 0 Å². The second-order valence-electron chi connectivity index (χ2n) is 7.45. The van der Waals surface area contributed by atoms with E-state index in [0.29, 0.717) is 0 Å². The maximum Gasteiger partial charge on any atom is 0.133 e. The molecule has 30 heavy (non-hydrogen) atoms. The molecule has 4 aromatic rings. The molecule has 0 saturated carbocycles. The lowest BCUT2D eigenvalue weighted by Gasteiger charge is -2.36. The number of para-hydroxylation sites is 1. The average Bonchev–Trinajstić information content (AvgIpc) is 2.83. The highest BCUT2D eigenvalue weighted by Crippen LogP contribution is 2.28. The van der Waals surface area contributed by atoms with Gasteiger partial charge in [0.15, 0.2) is 0 Å². The van der Waals surface area contributed by atoms with Crippen molar-refractivity contribution < 1.29 is 0 Å². The number of rotatable bonds is 5. The molecule has 4 nitrogen and oxygen atoms in total. The van der Waals surface area contributed by atoms with Crippen LogP contribution in [0.15, 0.2) is 90.2 Å². The summed E-state index contributed by atoms with van der Waals surface area (Å²) in [5, 5.41) is 3.63. The first kappa shape index (κ1) is 18.9. The number of fused-ring (bicyclic) bond motifs is 1. The van der Waals surface area contributed by atoms with Gasteiger partial charge in [0, 0.05) is 43.7 Å². The largest absolute Gasteiger partial charge is 0.368 e. The van der Waals surface area contributed by atoms with Crippen LogP contribution < -0.4 is 9.80 Å². The number of thioether (sulfide) groups is 1. The van der Waals surface area contributed by atoms with Gasteiger partial charge in [0.2, 0.25) is 0 Å². The Morgan fingerprint density at radius 1 is 0.733 bits per heavy atom. The van der Waals surface area contributed by atoms with Crippen molar-refractivity contribution in [2.45, 2.75) is 10.8 Å². The van der Waals surface area contributed by atoms with E-state index >= 15 is 0 Å². The van der Waals surface area contributed by atoms with E-state index in [-0.39, 0.29) is 0 Å². The molecule has 0 spiro atoms. The van der Waals surface area contributed by atoms with Gasteiger partial charge in [0.1, 0.15) is 17.2 Å². The third-order valence-corrected chi connectivity index (χ3v) is 6.58. The molecule has 1 aliphatic rings. The van der Waals surface area contributed by atoms with E-state index in [2.05, 4.69) is 98.6 Å². The van der Waals surface area contributed by atoms with E-state index in [1.807, 2.05) is 0 Å². The summed E-state index contributed by atoms with van der Waals surface area (Å²) in [4.78, 5) is 13.9. The van der Waals surface area contributed by atoms with Gasteiger partial charge in [-0.3, -0.25) is 0 Å². The van der Waals surface area contributed by atoms with Gasteiger partial charge < -0.3 is 9.80 Å². The van der Waals surface area contributed by atoms with Crippen molar-refractivity contribution >= 4 is 34.0 Å². The summed E-state index contributed by atoms with van der Waals surface area (Å²) in [6, 6.07) is 27.8. The van der Waals surface area contributed by atoms with Crippen molar-refractivity contribution in [2.75, 3.05) is 36.0 Å². The molecule has 0 atom stereocenters. The van der Waals surface area contributed by atoms with Gasteiger partial charge in [0.25, 0.3) is 0 Å². The molecule has 0 N–H and O–H groups in total. The van der Waals surface area contributed by atoms with Crippen LogP contribution in [0.1, 0.15) is 5.56 Å². The number of piperazine rings is 1. The molecule has 3 aromatic carbocycles. The molecule has 5 heteroatoms. The van der Waals surface area contributed by atoms with Crippen LogP contribution >= 0.6 is 11.8 Å². The fourth-order valence-corrected chi connectivity index (χ4v) is 4.85. The fourth-order valence-electron chi connectivity index (χ4n) is 3.98. The summed E-state index contributed by atoms with van der Waals surface area (Å²) in [6.07, 6.45) is 1.70. The zero-order chi connectivity index (χ0) is 20.2. The van der Waals surface area contributed by atoms with Crippen molar-refractivity contribution in [3.05, 3.63) is 90.8 Å². The first-order valence-electron chi connectivity index (χ1n) is 10.3. The van der Waals surface area contributed by atoms with E-state index < -0.39 is 0 Å². The molecule has 1 aromatic heterocycles. The van der Waals surface area contributed by atoms with Gasteiger partial charge in [-0.1, -0.05) is 60.7 Å². The van der Waals surface area contributed by atoms with E-state index in [9.17, 15) is 0 Å². The van der Waals surface area contributed by atoms with Crippen LogP contribution in [0.25, 0.3) is 10.8 Å². The van der Waals surface area contributed by atoms with Crippen LogP contribution in [0.3, 0.4) is 0 Å². The quantitative estimate of drug-likeness (QED) is 0.330. The minimum Gasteiger partial charge on any atom is -0.368 e. The number of nitrogens with zero attached hydrogens (tertiary/aromatic N) is 4. The number of anilines is 2. The lowest BCUT2D eigenvalue weighted by molar-refractivity contribution is 0.645. The SMILES string of the molecule is c1ccc(N2CCN(c3cc(SCc4cccc5ccccc45)ncn3)CC2)cc1. The molecule has 5 rings (SSSR count). The van der Waals surface area contributed by atoms with Crippen molar-refractivity contribution in [2.24, 2.45) is 0 Å². The molecular weight excluding hydrogens is 388 g/mol. The van der Waals surface area contributed by atoms with Gasteiger partial charge in [-0.2, -0.15) is 0 Å². The maximum absolute atomic E-state index is 4.55. The van der Waals surface area contributed by atoms with E-state index in [0.717, 1.165) is 42.8 Å². The van der Waals surface area contributed by atoms with Crippen LogP contribution in [0.5, 0.6) is 0 Å². The van der Waals surface area contributed by atoms with Crippen LogP contribution in [-0.2, 0) is 5.75 Å². The fraction of sp³-hybridized carbons (Fsp3) is 0.200. The molecular formula is C25H24N4S. The van der Waals surface area contributed by atoms with Gasteiger partial charge in [-0.25, -0.2) is 9.97 Å². The molecule has 150 valence electrons. The number of hydrogen-bond acceptors (Lipinski definition) is 5. The highest BCUT2D eigenvalue weighted by molar-refractivity contribution is 7.98. The Morgan fingerprint density at radius 2 is 1.47 bits per heavy atom. The summed E-state index contributed by atoms with van der Waals surface area (Å²) in [6.45, 7) is 3.96. The van der Waals surface area contributed by atoms with E-state index in [1.165, 1.54) is 22.0 Å².